The van der Waals surface area contributed by atoms with Crippen LogP contribution in [-0.4, -0.2) is 4.57 Å². The highest BCUT2D eigenvalue weighted by molar-refractivity contribution is 4.93. The van der Waals surface area contributed by atoms with Crippen LogP contribution in [0.3, 0.4) is 0 Å². The maximum atomic E-state index is 10.8. The fourth-order valence-electron chi connectivity index (χ4n) is 1.27. The first kappa shape index (κ1) is 10.0. The summed E-state index contributed by atoms with van der Waals surface area (Å²) in [5.41, 5.74) is 0.0834. The Morgan fingerprint density at radius 1 is 1.31 bits per heavy atom. The van der Waals surface area contributed by atoms with E-state index in [0.29, 0.717) is 0 Å². The summed E-state index contributed by atoms with van der Waals surface area (Å²) in [5.74, 6) is 0.763. The Bertz CT molecular complexity index is 281. The Labute approximate surface area is 79.2 Å². The van der Waals surface area contributed by atoms with E-state index in [1.807, 2.05) is 12.4 Å². The van der Waals surface area contributed by atoms with Crippen molar-refractivity contribution in [2.24, 2.45) is 5.92 Å². The molecule has 0 aliphatic rings. The van der Waals surface area contributed by atoms with Gasteiger partial charge < -0.3 is 4.57 Å². The van der Waals surface area contributed by atoms with Gasteiger partial charge in [-0.2, -0.15) is 0 Å². The van der Waals surface area contributed by atoms with Crippen LogP contribution in [0, 0.1) is 5.92 Å². The molecule has 0 unspecified atom stereocenters. The molecule has 1 rings (SSSR count). The molecule has 1 aromatic rings. The van der Waals surface area contributed by atoms with Gasteiger partial charge in [-0.25, -0.2) is 0 Å². The minimum atomic E-state index is 0.0834. The monoisotopic (exact) mass is 179 g/mol. The van der Waals surface area contributed by atoms with E-state index in [-0.39, 0.29) is 5.43 Å². The maximum Gasteiger partial charge on any atom is 0.181 e. The van der Waals surface area contributed by atoms with Crippen molar-refractivity contribution in [3.05, 3.63) is 34.7 Å². The van der Waals surface area contributed by atoms with E-state index in [4.69, 9.17) is 0 Å². The molecule has 0 saturated heterocycles. The van der Waals surface area contributed by atoms with Gasteiger partial charge in [0.1, 0.15) is 0 Å². The molecule has 0 N–H and O–H groups in total. The summed E-state index contributed by atoms with van der Waals surface area (Å²) in [7, 11) is 0. The molecule has 13 heavy (non-hydrogen) atoms. The van der Waals surface area contributed by atoms with Crippen LogP contribution in [0.4, 0.5) is 0 Å². The first-order valence-corrected chi connectivity index (χ1v) is 4.84. The zero-order chi connectivity index (χ0) is 9.68. The lowest BCUT2D eigenvalue weighted by Gasteiger charge is -2.06. The Kier molecular flexibility index (Phi) is 3.74. The molecule has 0 spiro atoms. The van der Waals surface area contributed by atoms with Crippen molar-refractivity contribution in [2.75, 3.05) is 0 Å². The fraction of sp³-hybridized carbons (Fsp3) is 0.545. The number of hydrogen-bond donors (Lipinski definition) is 0. The zero-order valence-corrected chi connectivity index (χ0v) is 8.36. The number of rotatable bonds is 4. The van der Waals surface area contributed by atoms with Crippen LogP contribution >= 0.6 is 0 Å². The van der Waals surface area contributed by atoms with Crippen LogP contribution in [0.25, 0.3) is 0 Å². The molecule has 0 aromatic carbocycles. The van der Waals surface area contributed by atoms with Crippen molar-refractivity contribution >= 4 is 0 Å². The Hall–Kier alpha value is -1.05. The van der Waals surface area contributed by atoms with Crippen molar-refractivity contribution in [3.8, 4) is 0 Å². The van der Waals surface area contributed by atoms with Crippen LogP contribution in [0.1, 0.15) is 26.7 Å². The summed E-state index contributed by atoms with van der Waals surface area (Å²) in [5, 5.41) is 0. The van der Waals surface area contributed by atoms with E-state index >= 15 is 0 Å². The van der Waals surface area contributed by atoms with Gasteiger partial charge in [-0.3, -0.25) is 4.79 Å². The average molecular weight is 179 g/mol. The Morgan fingerprint density at radius 3 is 2.46 bits per heavy atom. The van der Waals surface area contributed by atoms with Crippen molar-refractivity contribution < 1.29 is 0 Å². The summed E-state index contributed by atoms with van der Waals surface area (Å²) >= 11 is 0. The molecule has 0 fully saturated rings. The van der Waals surface area contributed by atoms with Gasteiger partial charge in [-0.15, -0.1) is 0 Å². The second kappa shape index (κ2) is 4.85. The minimum Gasteiger partial charge on any atom is -0.354 e. The molecule has 0 bridgehead atoms. The van der Waals surface area contributed by atoms with Gasteiger partial charge in [0.25, 0.3) is 0 Å². The summed E-state index contributed by atoms with van der Waals surface area (Å²) in [6, 6.07) is 3.21. The Balaban J connectivity index is 2.37. The predicted octanol–water partition coefficient (Wildman–Crippen LogP) is 2.28. The highest BCUT2D eigenvalue weighted by atomic mass is 16.1. The number of pyridine rings is 1. The first-order valence-electron chi connectivity index (χ1n) is 4.84. The summed E-state index contributed by atoms with van der Waals surface area (Å²) < 4.78 is 2.06. The molecule has 0 saturated carbocycles. The van der Waals surface area contributed by atoms with E-state index in [9.17, 15) is 4.79 Å². The smallest absolute Gasteiger partial charge is 0.181 e. The number of aryl methyl sites for hydroxylation is 1. The normalized spacial score (nSPS) is 10.7. The van der Waals surface area contributed by atoms with Crippen molar-refractivity contribution in [1.29, 1.82) is 0 Å². The van der Waals surface area contributed by atoms with Crippen molar-refractivity contribution in [2.45, 2.75) is 33.2 Å². The lowest BCUT2D eigenvalue weighted by Crippen LogP contribution is -2.04. The van der Waals surface area contributed by atoms with Crippen LogP contribution in [0.2, 0.25) is 0 Å². The number of aromatic nitrogens is 1. The van der Waals surface area contributed by atoms with Crippen molar-refractivity contribution in [3.63, 3.8) is 0 Å². The van der Waals surface area contributed by atoms with Gasteiger partial charge in [0, 0.05) is 31.1 Å². The molecule has 0 radical (unpaired) electrons. The Morgan fingerprint density at radius 2 is 1.92 bits per heavy atom. The number of nitrogens with zero attached hydrogens (tertiary/aromatic N) is 1. The van der Waals surface area contributed by atoms with Crippen LogP contribution in [0.15, 0.2) is 29.3 Å². The molecule has 0 aliphatic heterocycles. The maximum absolute atomic E-state index is 10.8. The second-order valence-corrected chi connectivity index (χ2v) is 3.81. The summed E-state index contributed by atoms with van der Waals surface area (Å²) in [6.07, 6.45) is 6.12. The lowest BCUT2D eigenvalue weighted by molar-refractivity contribution is 0.511. The fourth-order valence-corrected chi connectivity index (χ4v) is 1.27. The van der Waals surface area contributed by atoms with Gasteiger partial charge in [0.2, 0.25) is 0 Å². The third-order valence-corrected chi connectivity index (χ3v) is 2.06. The molecule has 2 nitrogen and oxygen atoms in total. The first-order chi connectivity index (χ1) is 6.18. The SMILES string of the molecule is CC(C)CCCn1ccc(=O)cc1. The minimum absolute atomic E-state index is 0.0834. The highest BCUT2D eigenvalue weighted by Gasteiger charge is 1.94. The van der Waals surface area contributed by atoms with E-state index in [2.05, 4.69) is 18.4 Å². The zero-order valence-electron chi connectivity index (χ0n) is 8.36. The standard InChI is InChI=1S/C11H17NO/c1-10(2)4-3-7-12-8-5-11(13)6-9-12/h5-6,8-10H,3-4,7H2,1-2H3. The van der Waals surface area contributed by atoms with Gasteiger partial charge in [-0.1, -0.05) is 13.8 Å². The molecule has 2 heteroatoms. The van der Waals surface area contributed by atoms with Gasteiger partial charge >= 0.3 is 0 Å². The quantitative estimate of drug-likeness (QED) is 0.695. The number of hydrogen-bond acceptors (Lipinski definition) is 1. The third kappa shape index (κ3) is 3.92. The van der Waals surface area contributed by atoms with E-state index in [1.165, 1.54) is 12.8 Å². The van der Waals surface area contributed by atoms with Crippen LogP contribution < -0.4 is 5.43 Å². The lowest BCUT2D eigenvalue weighted by atomic mass is 10.1. The highest BCUT2D eigenvalue weighted by Crippen LogP contribution is 2.04. The van der Waals surface area contributed by atoms with Gasteiger partial charge in [-0.05, 0) is 18.8 Å². The van der Waals surface area contributed by atoms with E-state index < -0.39 is 0 Å². The summed E-state index contributed by atoms with van der Waals surface area (Å²) in [4.78, 5) is 10.8. The molecule has 1 aromatic heterocycles. The van der Waals surface area contributed by atoms with Gasteiger partial charge in [0.15, 0.2) is 5.43 Å². The largest absolute Gasteiger partial charge is 0.354 e. The van der Waals surface area contributed by atoms with Crippen LogP contribution in [0.5, 0.6) is 0 Å². The third-order valence-electron chi connectivity index (χ3n) is 2.06. The van der Waals surface area contributed by atoms with E-state index in [0.717, 1.165) is 12.5 Å². The molecule has 0 atom stereocenters. The molecule has 0 aliphatic carbocycles. The van der Waals surface area contributed by atoms with Crippen molar-refractivity contribution in [1.82, 2.24) is 4.57 Å². The molecular formula is C11H17NO. The topological polar surface area (TPSA) is 22.0 Å². The van der Waals surface area contributed by atoms with Crippen LogP contribution in [-0.2, 0) is 6.54 Å². The molecule has 1 heterocycles. The second-order valence-electron chi connectivity index (χ2n) is 3.81. The predicted molar refractivity (Wildman–Crippen MR) is 54.8 cm³/mol. The molecule has 72 valence electrons. The average Bonchev–Trinajstić information content (AvgIpc) is 2.08. The van der Waals surface area contributed by atoms with Gasteiger partial charge in [0.05, 0.1) is 0 Å². The van der Waals surface area contributed by atoms with E-state index in [1.54, 1.807) is 12.1 Å². The molecular weight excluding hydrogens is 162 g/mol. The molecule has 0 amide bonds. The summed E-state index contributed by atoms with van der Waals surface area (Å²) in [6.45, 7) is 5.47.